The van der Waals surface area contributed by atoms with Crippen LogP contribution < -0.4 is 5.32 Å². The highest BCUT2D eigenvalue weighted by Gasteiger charge is 2.06. The summed E-state index contributed by atoms with van der Waals surface area (Å²) >= 11 is 1.63. The van der Waals surface area contributed by atoms with Crippen molar-refractivity contribution in [1.29, 1.82) is 0 Å². The number of aromatic nitrogens is 1. The number of nitrogens with zero attached hydrogens (tertiary/aromatic N) is 1. The quantitative estimate of drug-likeness (QED) is 0.602. The molecule has 0 saturated carbocycles. The lowest BCUT2D eigenvalue weighted by molar-refractivity contribution is 1.32. The number of benzene rings is 2. The van der Waals surface area contributed by atoms with Crippen LogP contribution in [0.2, 0.25) is 0 Å². The second-order valence-electron chi connectivity index (χ2n) is 5.33. The van der Waals surface area contributed by atoms with Gasteiger partial charge in [-0.2, -0.15) is 0 Å². The van der Waals surface area contributed by atoms with Gasteiger partial charge in [-0.15, -0.1) is 28.3 Å². The summed E-state index contributed by atoms with van der Waals surface area (Å²) in [4.78, 5) is 4.68. The smallest absolute Gasteiger partial charge is 0.187 e. The van der Waals surface area contributed by atoms with Crippen molar-refractivity contribution in [2.45, 2.75) is 20.8 Å². The minimum Gasteiger partial charge on any atom is -0.332 e. The molecule has 0 saturated heterocycles. The summed E-state index contributed by atoms with van der Waals surface area (Å²) in [6, 6.07) is 14.8. The maximum absolute atomic E-state index is 4.68. The summed E-state index contributed by atoms with van der Waals surface area (Å²) in [6.45, 7) is 6.35. The normalized spacial score (nSPS) is 10.1. The van der Waals surface area contributed by atoms with E-state index in [0.717, 1.165) is 16.5 Å². The standard InChI is InChI=1S/C18H18N2S.BrH/c1-12-4-8-16(9-5-12)19-18-20-17(11-21-18)15-7-6-13(2)14(3)10-15;/h4-11H,1-3H3,(H,19,20);1H. The summed E-state index contributed by atoms with van der Waals surface area (Å²) in [5, 5.41) is 6.38. The molecule has 3 rings (SSSR count). The molecule has 1 heterocycles. The molecule has 0 amide bonds. The first-order valence-electron chi connectivity index (χ1n) is 6.99. The molecule has 0 atom stereocenters. The summed E-state index contributed by atoms with van der Waals surface area (Å²) in [5.41, 5.74) is 7.14. The van der Waals surface area contributed by atoms with Gasteiger partial charge < -0.3 is 5.32 Å². The van der Waals surface area contributed by atoms with Crippen molar-refractivity contribution in [2.24, 2.45) is 0 Å². The monoisotopic (exact) mass is 374 g/mol. The molecule has 1 N–H and O–H groups in total. The molecule has 2 nitrogen and oxygen atoms in total. The molecule has 1 aromatic heterocycles. The Kier molecular flexibility index (Phi) is 5.37. The zero-order chi connectivity index (χ0) is 14.8. The SMILES string of the molecule is Br.Cc1ccc(Nc2nc(-c3ccc(C)c(C)c3)cs2)cc1. The molecule has 0 fully saturated rings. The van der Waals surface area contributed by atoms with Crippen molar-refractivity contribution in [3.8, 4) is 11.3 Å². The van der Waals surface area contributed by atoms with Crippen molar-refractivity contribution >= 4 is 39.1 Å². The van der Waals surface area contributed by atoms with E-state index in [1.807, 2.05) is 0 Å². The molecular weight excluding hydrogens is 356 g/mol. The fraction of sp³-hybridized carbons (Fsp3) is 0.167. The van der Waals surface area contributed by atoms with Gasteiger partial charge in [-0.1, -0.05) is 29.8 Å². The lowest BCUT2D eigenvalue weighted by Gasteiger charge is -2.03. The minimum atomic E-state index is 0. The van der Waals surface area contributed by atoms with Crippen LogP contribution in [0.5, 0.6) is 0 Å². The third-order valence-corrected chi connectivity index (χ3v) is 4.37. The van der Waals surface area contributed by atoms with Gasteiger partial charge in [-0.3, -0.25) is 0 Å². The van der Waals surface area contributed by atoms with Crippen LogP contribution in [0.25, 0.3) is 11.3 Å². The lowest BCUT2D eigenvalue weighted by atomic mass is 10.1. The summed E-state index contributed by atoms with van der Waals surface area (Å²) in [6.07, 6.45) is 0. The minimum absolute atomic E-state index is 0. The van der Waals surface area contributed by atoms with Gasteiger partial charge in [-0.25, -0.2) is 4.98 Å². The lowest BCUT2D eigenvalue weighted by Crippen LogP contribution is -1.89. The third-order valence-electron chi connectivity index (χ3n) is 3.61. The van der Waals surface area contributed by atoms with Crippen LogP contribution in [-0.4, -0.2) is 4.98 Å². The van der Waals surface area contributed by atoms with Crippen LogP contribution in [-0.2, 0) is 0 Å². The Labute approximate surface area is 146 Å². The van der Waals surface area contributed by atoms with Crippen LogP contribution in [0.4, 0.5) is 10.8 Å². The van der Waals surface area contributed by atoms with Crippen LogP contribution in [0.15, 0.2) is 47.8 Å². The van der Waals surface area contributed by atoms with Gasteiger partial charge in [0, 0.05) is 16.6 Å². The average molecular weight is 375 g/mol. The number of rotatable bonds is 3. The van der Waals surface area contributed by atoms with Crippen LogP contribution in [0.1, 0.15) is 16.7 Å². The summed E-state index contributed by atoms with van der Waals surface area (Å²) in [7, 11) is 0. The van der Waals surface area contributed by atoms with Gasteiger partial charge >= 0.3 is 0 Å². The number of hydrogen-bond donors (Lipinski definition) is 1. The molecule has 114 valence electrons. The Morgan fingerprint density at radius 2 is 1.64 bits per heavy atom. The fourth-order valence-corrected chi connectivity index (χ4v) is 2.86. The molecular formula is C18H19BrN2S. The van der Waals surface area contributed by atoms with Gasteiger partial charge in [0.2, 0.25) is 0 Å². The highest BCUT2D eigenvalue weighted by atomic mass is 79.9. The number of thiazole rings is 1. The van der Waals surface area contributed by atoms with E-state index < -0.39 is 0 Å². The van der Waals surface area contributed by atoms with Gasteiger partial charge in [0.15, 0.2) is 5.13 Å². The number of aryl methyl sites for hydroxylation is 3. The van der Waals surface area contributed by atoms with E-state index in [-0.39, 0.29) is 17.0 Å². The first-order chi connectivity index (χ1) is 10.1. The Morgan fingerprint density at radius 3 is 2.32 bits per heavy atom. The molecule has 0 bridgehead atoms. The van der Waals surface area contributed by atoms with Crippen LogP contribution in [0, 0.1) is 20.8 Å². The number of anilines is 2. The first kappa shape index (κ1) is 16.7. The van der Waals surface area contributed by atoms with Gasteiger partial charge in [0.25, 0.3) is 0 Å². The molecule has 4 heteroatoms. The Hall–Kier alpha value is -1.65. The van der Waals surface area contributed by atoms with E-state index in [1.165, 1.54) is 22.3 Å². The highest BCUT2D eigenvalue weighted by molar-refractivity contribution is 8.93. The maximum atomic E-state index is 4.68. The van der Waals surface area contributed by atoms with E-state index in [2.05, 4.69) is 78.9 Å². The Balaban J connectivity index is 0.00000176. The van der Waals surface area contributed by atoms with E-state index in [0.29, 0.717) is 0 Å². The van der Waals surface area contributed by atoms with Crippen LogP contribution in [0.3, 0.4) is 0 Å². The van der Waals surface area contributed by atoms with Gasteiger partial charge in [0.05, 0.1) is 5.69 Å². The molecule has 0 aliphatic carbocycles. The molecule has 0 aliphatic heterocycles. The fourth-order valence-electron chi connectivity index (χ4n) is 2.12. The van der Waals surface area contributed by atoms with Gasteiger partial charge in [0.1, 0.15) is 0 Å². The van der Waals surface area contributed by atoms with Crippen molar-refractivity contribution in [1.82, 2.24) is 4.98 Å². The molecule has 3 aromatic rings. The molecule has 0 spiro atoms. The van der Waals surface area contributed by atoms with Crippen LogP contribution >= 0.6 is 28.3 Å². The van der Waals surface area contributed by atoms with Gasteiger partial charge in [-0.05, 0) is 50.1 Å². The molecule has 0 unspecified atom stereocenters. The van der Waals surface area contributed by atoms with Crippen molar-refractivity contribution in [3.63, 3.8) is 0 Å². The predicted molar refractivity (Wildman–Crippen MR) is 102 cm³/mol. The molecule has 0 radical (unpaired) electrons. The van der Waals surface area contributed by atoms with E-state index in [4.69, 9.17) is 0 Å². The highest BCUT2D eigenvalue weighted by Crippen LogP contribution is 2.28. The number of hydrogen-bond acceptors (Lipinski definition) is 3. The molecule has 22 heavy (non-hydrogen) atoms. The third kappa shape index (κ3) is 3.76. The predicted octanol–water partition coefficient (Wildman–Crippen LogP) is 6.06. The van der Waals surface area contributed by atoms with Crippen molar-refractivity contribution < 1.29 is 0 Å². The second kappa shape index (κ2) is 7.07. The number of halogens is 1. The molecule has 0 aliphatic rings. The van der Waals surface area contributed by atoms with E-state index in [1.54, 1.807) is 11.3 Å². The van der Waals surface area contributed by atoms with E-state index in [9.17, 15) is 0 Å². The average Bonchev–Trinajstić information content (AvgIpc) is 2.93. The summed E-state index contributed by atoms with van der Waals surface area (Å²) < 4.78 is 0. The maximum Gasteiger partial charge on any atom is 0.187 e. The van der Waals surface area contributed by atoms with Crippen molar-refractivity contribution in [3.05, 3.63) is 64.5 Å². The Morgan fingerprint density at radius 1 is 0.909 bits per heavy atom. The first-order valence-corrected chi connectivity index (χ1v) is 7.86. The summed E-state index contributed by atoms with van der Waals surface area (Å²) in [5.74, 6) is 0. The molecule has 2 aromatic carbocycles. The Bertz CT molecular complexity index is 763. The largest absolute Gasteiger partial charge is 0.332 e. The zero-order valence-corrected chi connectivity index (χ0v) is 15.4. The second-order valence-corrected chi connectivity index (χ2v) is 6.19. The number of nitrogens with one attached hydrogen (secondary N) is 1. The zero-order valence-electron chi connectivity index (χ0n) is 12.9. The topological polar surface area (TPSA) is 24.9 Å². The van der Waals surface area contributed by atoms with Crippen molar-refractivity contribution in [2.75, 3.05) is 5.32 Å². The van der Waals surface area contributed by atoms with E-state index >= 15 is 0 Å².